The van der Waals surface area contributed by atoms with E-state index in [0.717, 1.165) is 47.2 Å². The quantitative estimate of drug-likeness (QED) is 0.850. The van der Waals surface area contributed by atoms with Crippen molar-refractivity contribution >= 4 is 23.6 Å². The molecular weight excluding hydrogens is 264 g/mol. The zero-order valence-corrected chi connectivity index (χ0v) is 12.6. The van der Waals surface area contributed by atoms with Crippen LogP contribution < -0.4 is 0 Å². The Morgan fingerprint density at radius 3 is 2.83 bits per heavy atom. The summed E-state index contributed by atoms with van der Waals surface area (Å²) < 4.78 is 2.79. The Labute approximate surface area is 116 Å². The van der Waals surface area contributed by atoms with E-state index in [0.29, 0.717) is 4.77 Å². The molecular formula is C12H18N4S2. The van der Waals surface area contributed by atoms with Crippen molar-refractivity contribution in [2.75, 3.05) is 0 Å². The number of aromatic nitrogens is 4. The summed E-state index contributed by atoms with van der Waals surface area (Å²) in [5.74, 6) is 0.941. The highest BCUT2D eigenvalue weighted by atomic mass is 32.1. The van der Waals surface area contributed by atoms with Gasteiger partial charge in [-0.05, 0) is 32.0 Å². The Hall–Kier alpha value is -1.01. The van der Waals surface area contributed by atoms with Crippen LogP contribution in [0.1, 0.15) is 37.4 Å². The first-order chi connectivity index (χ1) is 8.67. The van der Waals surface area contributed by atoms with Gasteiger partial charge in [-0.1, -0.05) is 20.3 Å². The van der Waals surface area contributed by atoms with E-state index in [1.165, 1.54) is 0 Å². The summed E-state index contributed by atoms with van der Waals surface area (Å²) in [4.78, 5) is 5.70. The van der Waals surface area contributed by atoms with Crippen LogP contribution in [-0.4, -0.2) is 19.7 Å². The highest BCUT2D eigenvalue weighted by molar-refractivity contribution is 7.71. The smallest absolute Gasteiger partial charge is 0.195 e. The fourth-order valence-corrected chi connectivity index (χ4v) is 3.13. The molecule has 0 radical (unpaired) electrons. The highest BCUT2D eigenvalue weighted by Gasteiger charge is 2.16. The van der Waals surface area contributed by atoms with Gasteiger partial charge in [-0.15, -0.1) is 11.3 Å². The third-order valence-electron chi connectivity index (χ3n) is 2.84. The molecule has 0 aliphatic heterocycles. The first-order valence-electron chi connectivity index (χ1n) is 6.29. The van der Waals surface area contributed by atoms with Gasteiger partial charge in [-0.25, -0.2) is 4.98 Å². The van der Waals surface area contributed by atoms with Crippen LogP contribution in [0, 0.1) is 11.7 Å². The van der Waals surface area contributed by atoms with E-state index in [1.54, 1.807) is 11.3 Å². The fraction of sp³-hybridized carbons (Fsp3) is 0.583. The number of nitrogens with zero attached hydrogens (tertiary/aromatic N) is 3. The maximum atomic E-state index is 5.30. The van der Waals surface area contributed by atoms with Crippen LogP contribution in [0.25, 0.3) is 10.7 Å². The summed E-state index contributed by atoms with van der Waals surface area (Å²) in [6, 6.07) is 0. The molecule has 0 unspecified atom stereocenters. The molecule has 18 heavy (non-hydrogen) atoms. The van der Waals surface area contributed by atoms with E-state index in [2.05, 4.69) is 33.6 Å². The summed E-state index contributed by atoms with van der Waals surface area (Å²) in [6.07, 6.45) is 3.18. The number of hydrogen-bond donors (Lipinski definition) is 1. The largest absolute Gasteiger partial charge is 0.299 e. The second-order valence-electron chi connectivity index (χ2n) is 4.22. The monoisotopic (exact) mass is 282 g/mol. The maximum absolute atomic E-state index is 5.30. The molecule has 0 atom stereocenters. The Bertz CT molecular complexity index is 579. The molecule has 2 aromatic rings. The number of rotatable bonds is 5. The molecule has 0 saturated carbocycles. The first kappa shape index (κ1) is 13.4. The van der Waals surface area contributed by atoms with Crippen LogP contribution in [0.5, 0.6) is 0 Å². The molecule has 0 saturated heterocycles. The van der Waals surface area contributed by atoms with E-state index in [9.17, 15) is 0 Å². The third kappa shape index (κ3) is 2.54. The normalized spacial score (nSPS) is 11.1. The minimum absolute atomic E-state index is 0.701. The fourth-order valence-electron chi connectivity index (χ4n) is 1.90. The summed E-state index contributed by atoms with van der Waals surface area (Å²) in [5, 5.41) is 8.36. The first-order valence-corrected chi connectivity index (χ1v) is 7.51. The number of H-pyrrole nitrogens is 1. The Kier molecular flexibility index (Phi) is 4.29. The van der Waals surface area contributed by atoms with E-state index in [1.807, 2.05) is 6.92 Å². The lowest BCUT2D eigenvalue weighted by Gasteiger charge is -2.04. The second kappa shape index (κ2) is 5.75. The Morgan fingerprint density at radius 1 is 1.39 bits per heavy atom. The van der Waals surface area contributed by atoms with Crippen molar-refractivity contribution in [3.05, 3.63) is 15.5 Å². The molecule has 2 rings (SSSR count). The van der Waals surface area contributed by atoms with Gasteiger partial charge in [0.1, 0.15) is 0 Å². The molecule has 98 valence electrons. The van der Waals surface area contributed by atoms with Gasteiger partial charge in [-0.2, -0.15) is 5.10 Å². The number of hydrogen-bond acceptors (Lipinski definition) is 4. The van der Waals surface area contributed by atoms with Crippen molar-refractivity contribution in [3.63, 3.8) is 0 Å². The SMILES string of the molecule is CCCCn1c(-c2sc(C)nc2CC)n[nH]c1=S. The molecule has 4 nitrogen and oxygen atoms in total. The Balaban J connectivity index is 2.46. The van der Waals surface area contributed by atoms with Gasteiger partial charge in [0.2, 0.25) is 0 Å². The average molecular weight is 282 g/mol. The predicted octanol–water partition coefficient (Wildman–Crippen LogP) is 3.74. The van der Waals surface area contributed by atoms with Crippen LogP contribution in [0.3, 0.4) is 0 Å². The molecule has 0 aliphatic rings. The lowest BCUT2D eigenvalue weighted by Crippen LogP contribution is -2.01. The summed E-state index contributed by atoms with van der Waals surface area (Å²) >= 11 is 6.99. The minimum Gasteiger partial charge on any atom is -0.299 e. The maximum Gasteiger partial charge on any atom is 0.195 e. The van der Waals surface area contributed by atoms with Crippen LogP contribution in [0.15, 0.2) is 0 Å². The van der Waals surface area contributed by atoms with Gasteiger partial charge < -0.3 is 0 Å². The van der Waals surface area contributed by atoms with Gasteiger partial charge in [0.05, 0.1) is 15.6 Å². The van der Waals surface area contributed by atoms with E-state index < -0.39 is 0 Å². The van der Waals surface area contributed by atoms with E-state index in [4.69, 9.17) is 12.2 Å². The standard InChI is InChI=1S/C12H18N4S2/c1-4-6-7-16-11(14-15-12(16)17)10-9(5-2)13-8(3)18-10/h4-7H2,1-3H3,(H,15,17). The highest BCUT2D eigenvalue weighted by Crippen LogP contribution is 2.29. The van der Waals surface area contributed by atoms with Crippen molar-refractivity contribution in [1.29, 1.82) is 0 Å². The average Bonchev–Trinajstić information content (AvgIpc) is 2.90. The number of thiazole rings is 1. The second-order valence-corrected chi connectivity index (χ2v) is 5.81. The third-order valence-corrected chi connectivity index (χ3v) is 4.16. The van der Waals surface area contributed by atoms with Crippen molar-refractivity contribution in [1.82, 2.24) is 19.7 Å². The molecule has 1 N–H and O–H groups in total. The van der Waals surface area contributed by atoms with Crippen LogP contribution in [0.4, 0.5) is 0 Å². The molecule has 0 aliphatic carbocycles. The molecule has 0 fully saturated rings. The molecule has 2 aromatic heterocycles. The van der Waals surface area contributed by atoms with Gasteiger partial charge in [0.15, 0.2) is 10.6 Å². The Morgan fingerprint density at radius 2 is 2.17 bits per heavy atom. The van der Waals surface area contributed by atoms with Crippen LogP contribution in [0.2, 0.25) is 0 Å². The molecule has 0 spiro atoms. The number of aryl methyl sites for hydroxylation is 2. The zero-order valence-electron chi connectivity index (χ0n) is 11.0. The van der Waals surface area contributed by atoms with Crippen molar-refractivity contribution in [3.8, 4) is 10.7 Å². The molecule has 2 heterocycles. The van der Waals surface area contributed by atoms with Crippen LogP contribution in [-0.2, 0) is 13.0 Å². The predicted molar refractivity (Wildman–Crippen MR) is 77.5 cm³/mol. The summed E-state index contributed by atoms with van der Waals surface area (Å²) in [7, 11) is 0. The molecule has 0 bridgehead atoms. The minimum atomic E-state index is 0.701. The lowest BCUT2D eigenvalue weighted by atomic mass is 10.3. The summed E-state index contributed by atoms with van der Waals surface area (Å²) in [6.45, 7) is 7.25. The lowest BCUT2D eigenvalue weighted by molar-refractivity contribution is 0.629. The van der Waals surface area contributed by atoms with Crippen LogP contribution >= 0.6 is 23.6 Å². The van der Waals surface area contributed by atoms with Crippen molar-refractivity contribution < 1.29 is 0 Å². The number of unbranched alkanes of at least 4 members (excludes halogenated alkanes) is 1. The molecule has 6 heteroatoms. The van der Waals surface area contributed by atoms with Gasteiger partial charge >= 0.3 is 0 Å². The van der Waals surface area contributed by atoms with Gasteiger partial charge in [-0.3, -0.25) is 9.67 Å². The topological polar surface area (TPSA) is 46.5 Å². The zero-order chi connectivity index (χ0) is 13.1. The summed E-state index contributed by atoms with van der Waals surface area (Å²) in [5.41, 5.74) is 1.12. The van der Waals surface area contributed by atoms with Crippen molar-refractivity contribution in [2.45, 2.75) is 46.6 Å². The number of aromatic amines is 1. The van der Waals surface area contributed by atoms with E-state index >= 15 is 0 Å². The molecule has 0 aromatic carbocycles. The van der Waals surface area contributed by atoms with Crippen molar-refractivity contribution in [2.24, 2.45) is 0 Å². The number of nitrogens with one attached hydrogen (secondary N) is 1. The molecule has 0 amide bonds. The van der Waals surface area contributed by atoms with Gasteiger partial charge in [0.25, 0.3) is 0 Å². The van der Waals surface area contributed by atoms with Gasteiger partial charge in [0, 0.05) is 6.54 Å². The van der Waals surface area contributed by atoms with E-state index in [-0.39, 0.29) is 0 Å².